The highest BCUT2D eigenvalue weighted by molar-refractivity contribution is 5.89. The zero-order valence-electron chi connectivity index (χ0n) is 13.3. The zero-order valence-corrected chi connectivity index (χ0v) is 13.3. The third kappa shape index (κ3) is 4.25. The van der Waals surface area contributed by atoms with Crippen LogP contribution in [-0.2, 0) is 4.74 Å². The first kappa shape index (κ1) is 15.9. The molecule has 0 aliphatic carbocycles. The number of amides is 2. The molecule has 1 aromatic carbocycles. The Balaban J connectivity index is 1.47. The Morgan fingerprint density at radius 2 is 2.17 bits per heavy atom. The van der Waals surface area contributed by atoms with E-state index in [4.69, 9.17) is 11.2 Å². The number of rotatable bonds is 3. The highest BCUT2D eigenvalue weighted by atomic mass is 16.5. The van der Waals surface area contributed by atoms with Gasteiger partial charge in [0.1, 0.15) is 0 Å². The van der Waals surface area contributed by atoms with Crippen LogP contribution in [0.4, 0.5) is 10.5 Å². The summed E-state index contributed by atoms with van der Waals surface area (Å²) in [6.45, 7) is 5.17. The molecule has 3 rings (SSSR count). The summed E-state index contributed by atoms with van der Waals surface area (Å²) in [7, 11) is 0. The molecule has 0 spiro atoms. The van der Waals surface area contributed by atoms with Crippen LogP contribution in [0.15, 0.2) is 24.3 Å². The number of urea groups is 1. The number of carbonyl (C=O) groups excluding carboxylic acids is 1. The van der Waals surface area contributed by atoms with Gasteiger partial charge in [-0.15, -0.1) is 6.42 Å². The summed E-state index contributed by atoms with van der Waals surface area (Å²) >= 11 is 0. The Morgan fingerprint density at radius 1 is 1.35 bits per heavy atom. The molecule has 0 radical (unpaired) electrons. The van der Waals surface area contributed by atoms with Gasteiger partial charge in [-0.05, 0) is 31.0 Å². The van der Waals surface area contributed by atoms with E-state index in [0.29, 0.717) is 6.10 Å². The van der Waals surface area contributed by atoms with Gasteiger partial charge in [0.15, 0.2) is 0 Å². The Labute approximate surface area is 137 Å². The molecule has 2 aliphatic heterocycles. The molecule has 23 heavy (non-hydrogen) atoms. The van der Waals surface area contributed by atoms with E-state index in [0.717, 1.165) is 57.0 Å². The Morgan fingerprint density at radius 3 is 2.87 bits per heavy atom. The molecule has 2 amide bonds. The van der Waals surface area contributed by atoms with Gasteiger partial charge >= 0.3 is 6.03 Å². The quantitative estimate of drug-likeness (QED) is 0.868. The second-order valence-electron chi connectivity index (χ2n) is 6.08. The predicted octanol–water partition coefficient (Wildman–Crippen LogP) is 2.00. The van der Waals surface area contributed by atoms with Gasteiger partial charge in [0.05, 0.1) is 6.10 Å². The maximum atomic E-state index is 12.3. The molecule has 2 saturated heterocycles. The SMILES string of the molecule is C#Cc1cccc(NC(=O)N2CCN(C[C@H]3CCCO3)CC2)c1. The second-order valence-corrected chi connectivity index (χ2v) is 6.08. The molecule has 5 nitrogen and oxygen atoms in total. The molecule has 2 aliphatic rings. The second kappa shape index (κ2) is 7.49. The number of ether oxygens (including phenoxy) is 1. The lowest BCUT2D eigenvalue weighted by molar-refractivity contribution is 0.0572. The lowest BCUT2D eigenvalue weighted by Gasteiger charge is -2.35. The van der Waals surface area contributed by atoms with Crippen molar-refractivity contribution in [3.63, 3.8) is 0 Å². The first-order valence-corrected chi connectivity index (χ1v) is 8.21. The Bertz CT molecular complexity index is 582. The standard InChI is InChI=1S/C18H23N3O2/c1-2-15-5-3-6-16(13-15)19-18(22)21-10-8-20(9-11-21)14-17-7-4-12-23-17/h1,3,5-6,13,17H,4,7-12,14H2,(H,19,22)/t17-/m1/s1. The van der Waals surface area contributed by atoms with Crippen LogP contribution in [0.2, 0.25) is 0 Å². The Kier molecular flexibility index (Phi) is 5.16. The molecule has 0 unspecified atom stereocenters. The Hall–Kier alpha value is -2.03. The van der Waals surface area contributed by atoms with Gasteiger partial charge in [0.25, 0.3) is 0 Å². The van der Waals surface area contributed by atoms with Crippen LogP contribution in [0.1, 0.15) is 18.4 Å². The fourth-order valence-electron chi connectivity index (χ4n) is 3.10. The number of terminal acetylenes is 1. The van der Waals surface area contributed by atoms with E-state index < -0.39 is 0 Å². The highest BCUT2D eigenvalue weighted by Crippen LogP contribution is 2.15. The van der Waals surface area contributed by atoms with Crippen LogP contribution >= 0.6 is 0 Å². The van der Waals surface area contributed by atoms with Crippen molar-refractivity contribution in [3.8, 4) is 12.3 Å². The van der Waals surface area contributed by atoms with Gasteiger partial charge in [-0.25, -0.2) is 4.79 Å². The molecule has 0 saturated carbocycles. The van der Waals surface area contributed by atoms with Gasteiger partial charge < -0.3 is 15.0 Å². The molecule has 2 fully saturated rings. The van der Waals surface area contributed by atoms with E-state index in [1.807, 2.05) is 29.2 Å². The molecule has 1 N–H and O–H groups in total. The molecule has 1 atom stereocenters. The number of carbonyl (C=O) groups is 1. The number of nitrogens with one attached hydrogen (secondary N) is 1. The number of benzene rings is 1. The molecule has 5 heteroatoms. The van der Waals surface area contributed by atoms with Gasteiger partial charge in [-0.3, -0.25) is 4.90 Å². The first-order valence-electron chi connectivity index (χ1n) is 8.21. The zero-order chi connectivity index (χ0) is 16.1. The topological polar surface area (TPSA) is 44.8 Å². The summed E-state index contributed by atoms with van der Waals surface area (Å²) in [6.07, 6.45) is 8.09. The van der Waals surface area contributed by atoms with Crippen LogP contribution in [-0.4, -0.2) is 61.3 Å². The van der Waals surface area contributed by atoms with E-state index >= 15 is 0 Å². The van der Waals surface area contributed by atoms with Crippen molar-refractivity contribution in [1.29, 1.82) is 0 Å². The van der Waals surface area contributed by atoms with Crippen LogP contribution in [0.3, 0.4) is 0 Å². The summed E-state index contributed by atoms with van der Waals surface area (Å²) in [6, 6.07) is 7.30. The summed E-state index contributed by atoms with van der Waals surface area (Å²) in [5.74, 6) is 2.58. The molecular weight excluding hydrogens is 290 g/mol. The van der Waals surface area contributed by atoms with Crippen molar-refractivity contribution in [1.82, 2.24) is 9.80 Å². The van der Waals surface area contributed by atoms with Crippen molar-refractivity contribution in [3.05, 3.63) is 29.8 Å². The van der Waals surface area contributed by atoms with Crippen LogP contribution in [0.25, 0.3) is 0 Å². The number of nitrogens with zero attached hydrogens (tertiary/aromatic N) is 2. The van der Waals surface area contributed by atoms with Gasteiger partial charge in [-0.1, -0.05) is 12.0 Å². The summed E-state index contributed by atoms with van der Waals surface area (Å²) in [5.41, 5.74) is 1.51. The van der Waals surface area contributed by atoms with E-state index in [2.05, 4.69) is 16.1 Å². The number of hydrogen-bond donors (Lipinski definition) is 1. The molecule has 0 aromatic heterocycles. The minimum absolute atomic E-state index is 0.0593. The number of anilines is 1. The highest BCUT2D eigenvalue weighted by Gasteiger charge is 2.24. The van der Waals surface area contributed by atoms with E-state index in [1.54, 1.807) is 0 Å². The monoisotopic (exact) mass is 313 g/mol. The molecule has 0 bridgehead atoms. The van der Waals surface area contributed by atoms with E-state index in [9.17, 15) is 4.79 Å². The molecule has 2 heterocycles. The fourth-order valence-corrected chi connectivity index (χ4v) is 3.10. The van der Waals surface area contributed by atoms with Gasteiger partial charge in [0, 0.05) is 50.6 Å². The summed E-state index contributed by atoms with van der Waals surface area (Å²) < 4.78 is 5.68. The maximum absolute atomic E-state index is 12.3. The molecule has 1 aromatic rings. The molecular formula is C18H23N3O2. The predicted molar refractivity (Wildman–Crippen MR) is 90.4 cm³/mol. The van der Waals surface area contributed by atoms with Gasteiger partial charge in [0.2, 0.25) is 0 Å². The average Bonchev–Trinajstić information content (AvgIpc) is 3.08. The van der Waals surface area contributed by atoms with Crippen LogP contribution in [0, 0.1) is 12.3 Å². The average molecular weight is 313 g/mol. The van der Waals surface area contributed by atoms with Crippen molar-refractivity contribution < 1.29 is 9.53 Å². The maximum Gasteiger partial charge on any atom is 0.321 e. The summed E-state index contributed by atoms with van der Waals surface area (Å²) in [4.78, 5) is 16.6. The smallest absolute Gasteiger partial charge is 0.321 e. The molecule has 122 valence electrons. The van der Waals surface area contributed by atoms with Gasteiger partial charge in [-0.2, -0.15) is 0 Å². The summed E-state index contributed by atoms with van der Waals surface area (Å²) in [5, 5.41) is 2.92. The van der Waals surface area contributed by atoms with E-state index in [-0.39, 0.29) is 6.03 Å². The van der Waals surface area contributed by atoms with Crippen LogP contribution in [0.5, 0.6) is 0 Å². The normalized spacial score (nSPS) is 21.9. The van der Waals surface area contributed by atoms with E-state index in [1.165, 1.54) is 6.42 Å². The van der Waals surface area contributed by atoms with Crippen molar-refractivity contribution in [2.24, 2.45) is 0 Å². The van der Waals surface area contributed by atoms with Crippen molar-refractivity contribution >= 4 is 11.7 Å². The minimum Gasteiger partial charge on any atom is -0.377 e. The largest absolute Gasteiger partial charge is 0.377 e. The van der Waals surface area contributed by atoms with Crippen molar-refractivity contribution in [2.45, 2.75) is 18.9 Å². The lowest BCUT2D eigenvalue weighted by atomic mass is 10.2. The minimum atomic E-state index is -0.0593. The third-order valence-corrected chi connectivity index (χ3v) is 4.43. The lowest BCUT2D eigenvalue weighted by Crippen LogP contribution is -2.51. The first-order chi connectivity index (χ1) is 11.2. The third-order valence-electron chi connectivity index (χ3n) is 4.43. The fraction of sp³-hybridized carbons (Fsp3) is 0.500. The van der Waals surface area contributed by atoms with Crippen molar-refractivity contribution in [2.75, 3.05) is 44.6 Å². The van der Waals surface area contributed by atoms with Crippen LogP contribution < -0.4 is 5.32 Å². The number of piperazine rings is 1. The number of hydrogen-bond acceptors (Lipinski definition) is 3.